The van der Waals surface area contributed by atoms with Crippen LogP contribution in [0.2, 0.25) is 0 Å². The van der Waals surface area contributed by atoms with E-state index in [-0.39, 0.29) is 30.9 Å². The Hall–Kier alpha value is -3.79. The maximum absolute atomic E-state index is 13.7. The highest BCUT2D eigenvalue weighted by molar-refractivity contribution is 5.91. The van der Waals surface area contributed by atoms with E-state index >= 15 is 0 Å². The predicted molar refractivity (Wildman–Crippen MR) is 152 cm³/mol. The lowest BCUT2D eigenvalue weighted by atomic mass is 10.0. The molecule has 0 spiro atoms. The van der Waals surface area contributed by atoms with Crippen molar-refractivity contribution >= 4 is 17.8 Å². The Balaban J connectivity index is 1.58. The average Bonchev–Trinajstić information content (AvgIpc) is 2.97. The third-order valence-electron chi connectivity index (χ3n) is 7.49. The lowest BCUT2D eigenvalue weighted by Crippen LogP contribution is -2.76. The smallest absolute Gasteiger partial charge is 0.334 e. The number of carbonyl (C=O) groups excluding carboxylic acids is 3. The minimum Gasteiger partial charge on any atom is -0.493 e. The van der Waals surface area contributed by atoms with Crippen molar-refractivity contribution in [3.63, 3.8) is 0 Å². The summed E-state index contributed by atoms with van der Waals surface area (Å²) in [6.07, 6.45) is 2.09. The predicted octanol–water partition coefficient (Wildman–Crippen LogP) is 3.26. The lowest BCUT2D eigenvalue weighted by molar-refractivity contribution is -0.190. The van der Waals surface area contributed by atoms with Gasteiger partial charge in [0.15, 0.2) is 11.5 Å². The molecule has 2 aliphatic heterocycles. The number of nitrogens with zero attached hydrogens (tertiary/aromatic N) is 4. The largest absolute Gasteiger partial charge is 0.493 e. The number of benzene rings is 2. The zero-order chi connectivity index (χ0) is 28.6. The van der Waals surface area contributed by atoms with E-state index in [0.29, 0.717) is 44.0 Å². The second-order valence-electron chi connectivity index (χ2n) is 10.2. The minimum atomic E-state index is -0.602. The molecule has 2 atom stereocenters. The van der Waals surface area contributed by atoms with Crippen LogP contribution < -0.4 is 14.8 Å². The van der Waals surface area contributed by atoms with E-state index in [1.165, 1.54) is 0 Å². The summed E-state index contributed by atoms with van der Waals surface area (Å²) >= 11 is 0. The van der Waals surface area contributed by atoms with Crippen LogP contribution in [-0.4, -0.2) is 90.3 Å². The molecule has 0 aromatic heterocycles. The quantitative estimate of drug-likeness (QED) is 0.461. The van der Waals surface area contributed by atoms with Gasteiger partial charge in [-0.3, -0.25) is 9.59 Å². The number of hydrogen-bond donors (Lipinski definition) is 1. The van der Waals surface area contributed by atoms with Gasteiger partial charge in [0.2, 0.25) is 11.8 Å². The van der Waals surface area contributed by atoms with E-state index in [2.05, 4.69) is 5.32 Å². The second kappa shape index (κ2) is 13.5. The first-order chi connectivity index (χ1) is 19.4. The third-order valence-corrected chi connectivity index (χ3v) is 7.49. The van der Waals surface area contributed by atoms with E-state index in [4.69, 9.17) is 9.47 Å². The number of ether oxygens (including phenoxy) is 2. The highest BCUT2D eigenvalue weighted by Crippen LogP contribution is 2.30. The highest BCUT2D eigenvalue weighted by Gasteiger charge is 2.50. The van der Waals surface area contributed by atoms with E-state index in [0.717, 1.165) is 24.0 Å². The summed E-state index contributed by atoms with van der Waals surface area (Å²) in [6, 6.07) is 14.6. The number of amides is 4. The lowest BCUT2D eigenvalue weighted by Gasteiger charge is -2.55. The van der Waals surface area contributed by atoms with E-state index in [1.54, 1.807) is 29.0 Å². The normalized spacial score (nSPS) is 19.4. The van der Waals surface area contributed by atoms with Crippen LogP contribution in [0.3, 0.4) is 0 Å². The van der Waals surface area contributed by atoms with E-state index < -0.39 is 12.2 Å². The van der Waals surface area contributed by atoms with Gasteiger partial charge >= 0.3 is 6.03 Å². The molecular formula is C30H41N5O5. The van der Waals surface area contributed by atoms with Gasteiger partial charge in [0.25, 0.3) is 0 Å². The van der Waals surface area contributed by atoms with Gasteiger partial charge in [-0.05, 0) is 42.5 Å². The Morgan fingerprint density at radius 3 is 2.38 bits per heavy atom. The van der Waals surface area contributed by atoms with Gasteiger partial charge in [-0.1, -0.05) is 56.7 Å². The van der Waals surface area contributed by atoms with Crippen LogP contribution in [-0.2, 0) is 22.6 Å². The van der Waals surface area contributed by atoms with Crippen molar-refractivity contribution in [2.24, 2.45) is 0 Å². The molecule has 0 aliphatic carbocycles. The van der Waals surface area contributed by atoms with Gasteiger partial charge in [-0.15, -0.1) is 0 Å². The number of rotatable bonds is 11. The van der Waals surface area contributed by atoms with Crippen molar-refractivity contribution in [2.75, 3.05) is 40.4 Å². The van der Waals surface area contributed by atoms with Crippen molar-refractivity contribution < 1.29 is 23.9 Å². The van der Waals surface area contributed by atoms with Crippen LogP contribution in [0.15, 0.2) is 48.5 Å². The zero-order valence-electron chi connectivity index (χ0n) is 24.0. The molecule has 10 heteroatoms. The molecule has 1 N–H and O–H groups in total. The minimum absolute atomic E-state index is 0.0690. The zero-order valence-corrected chi connectivity index (χ0v) is 24.0. The molecule has 4 rings (SSSR count). The summed E-state index contributed by atoms with van der Waals surface area (Å²) in [6.45, 7) is 5.74. The molecule has 2 aromatic carbocycles. The van der Waals surface area contributed by atoms with Crippen LogP contribution in [0.5, 0.6) is 11.5 Å². The van der Waals surface area contributed by atoms with E-state index in [1.807, 2.05) is 67.4 Å². The van der Waals surface area contributed by atoms with Crippen molar-refractivity contribution in [1.29, 1.82) is 0 Å². The molecule has 0 saturated carbocycles. The van der Waals surface area contributed by atoms with Gasteiger partial charge in [0.1, 0.15) is 12.2 Å². The van der Waals surface area contributed by atoms with Crippen LogP contribution in [0.4, 0.5) is 4.79 Å². The number of urea groups is 1. The summed E-state index contributed by atoms with van der Waals surface area (Å²) in [5, 5.41) is 6.54. The van der Waals surface area contributed by atoms with Crippen molar-refractivity contribution in [2.45, 2.75) is 58.3 Å². The molecule has 2 aromatic rings. The first-order valence-electron chi connectivity index (χ1n) is 14.1. The molecule has 2 heterocycles. The van der Waals surface area contributed by atoms with Crippen molar-refractivity contribution in [3.05, 3.63) is 59.7 Å². The maximum Gasteiger partial charge on any atom is 0.334 e. The number of nitrogens with one attached hydrogen (secondary N) is 1. The fourth-order valence-corrected chi connectivity index (χ4v) is 5.55. The number of hydrazine groups is 1. The fourth-order valence-electron chi connectivity index (χ4n) is 5.55. The topological polar surface area (TPSA) is 94.7 Å². The summed E-state index contributed by atoms with van der Waals surface area (Å²) in [4.78, 5) is 44.3. The van der Waals surface area contributed by atoms with Gasteiger partial charge in [-0.2, -0.15) is 0 Å². The standard InChI is InChI=1S/C30H41N5O5/c1-5-10-24-29(37)32(17-15-22-13-14-25(39-3)26(18-22)40-4)20-27-34(24)28(36)21-33(16-6-2)35(27)30(38)31-19-23-11-8-7-9-12-23/h7-9,11-14,18,24,27H,5-6,10,15-17,19-21H2,1-4H3,(H,31,38)/t24-,27-/m0/s1. The summed E-state index contributed by atoms with van der Waals surface area (Å²) in [7, 11) is 3.19. The molecule has 0 bridgehead atoms. The SMILES string of the molecule is CCC[C@H]1C(=O)N(CCc2ccc(OC)c(OC)c2)C[C@H]2N1C(=O)CN(CCC)N2C(=O)NCc1ccccc1. The molecule has 40 heavy (non-hydrogen) atoms. The first kappa shape index (κ1) is 29.2. The summed E-state index contributed by atoms with van der Waals surface area (Å²) in [5.74, 6) is 1.10. The van der Waals surface area contributed by atoms with Crippen LogP contribution in [0.25, 0.3) is 0 Å². The Morgan fingerprint density at radius 1 is 0.950 bits per heavy atom. The van der Waals surface area contributed by atoms with Gasteiger partial charge in [-0.25, -0.2) is 14.8 Å². The molecule has 2 aliphatic rings. The average molecular weight is 552 g/mol. The highest BCUT2D eigenvalue weighted by atomic mass is 16.5. The van der Waals surface area contributed by atoms with Crippen LogP contribution in [0, 0.1) is 0 Å². The number of fused-ring (bicyclic) bond motifs is 1. The second-order valence-corrected chi connectivity index (χ2v) is 10.2. The molecule has 4 amide bonds. The Labute approximate surface area is 236 Å². The Morgan fingerprint density at radius 2 is 1.70 bits per heavy atom. The molecule has 0 radical (unpaired) electrons. The molecule has 2 saturated heterocycles. The third kappa shape index (κ3) is 6.33. The van der Waals surface area contributed by atoms with E-state index in [9.17, 15) is 14.4 Å². The van der Waals surface area contributed by atoms with Crippen LogP contribution in [0.1, 0.15) is 44.2 Å². The van der Waals surface area contributed by atoms with Crippen molar-refractivity contribution in [1.82, 2.24) is 25.1 Å². The van der Waals surface area contributed by atoms with Gasteiger partial charge in [0.05, 0.1) is 27.3 Å². The number of carbonyl (C=O) groups is 3. The monoisotopic (exact) mass is 551 g/mol. The Bertz CT molecular complexity index is 1180. The number of piperazine rings is 1. The van der Waals surface area contributed by atoms with Gasteiger partial charge in [0, 0.05) is 19.6 Å². The number of hydrogen-bond acceptors (Lipinski definition) is 6. The maximum atomic E-state index is 13.7. The Kier molecular flexibility index (Phi) is 9.87. The molecule has 216 valence electrons. The van der Waals surface area contributed by atoms with Gasteiger partial charge < -0.3 is 24.6 Å². The molecular weight excluding hydrogens is 510 g/mol. The number of methoxy groups -OCH3 is 2. The summed E-state index contributed by atoms with van der Waals surface area (Å²) < 4.78 is 10.8. The van der Waals surface area contributed by atoms with Crippen LogP contribution >= 0.6 is 0 Å². The first-order valence-corrected chi connectivity index (χ1v) is 14.1. The summed E-state index contributed by atoms with van der Waals surface area (Å²) in [5.41, 5.74) is 1.99. The fraction of sp³-hybridized carbons (Fsp3) is 0.500. The molecule has 0 unspecified atom stereocenters. The van der Waals surface area contributed by atoms with Crippen molar-refractivity contribution in [3.8, 4) is 11.5 Å². The molecule has 2 fully saturated rings. The molecule has 10 nitrogen and oxygen atoms in total.